The zero-order valence-corrected chi connectivity index (χ0v) is 13.1. The van der Waals surface area contributed by atoms with Crippen molar-refractivity contribution in [3.63, 3.8) is 0 Å². The summed E-state index contributed by atoms with van der Waals surface area (Å²) in [5, 5.41) is 20.5. The summed E-state index contributed by atoms with van der Waals surface area (Å²) < 4.78 is 50.8. The molecular formula is C8F4Na2O4. The molecule has 0 N–H and O–H groups in total. The second-order valence-corrected chi connectivity index (χ2v) is 2.58. The zero-order valence-electron chi connectivity index (χ0n) is 9.14. The summed E-state index contributed by atoms with van der Waals surface area (Å²) in [5.41, 5.74) is -3.87. The summed E-state index contributed by atoms with van der Waals surface area (Å²) in [7, 11) is 0. The van der Waals surface area contributed by atoms with E-state index >= 15 is 0 Å². The van der Waals surface area contributed by atoms with Gasteiger partial charge in [-0.3, -0.25) is 0 Å². The number of carbonyl (C=O) groups is 2. The van der Waals surface area contributed by atoms with E-state index in [2.05, 4.69) is 0 Å². The number of rotatable bonds is 2. The number of carboxylic acids is 2. The van der Waals surface area contributed by atoms with Crippen LogP contribution in [0.25, 0.3) is 0 Å². The Morgan fingerprint density at radius 3 is 1.06 bits per heavy atom. The van der Waals surface area contributed by atoms with Crippen LogP contribution < -0.4 is 69.3 Å². The van der Waals surface area contributed by atoms with Crippen LogP contribution in [-0.2, 0) is 0 Å². The van der Waals surface area contributed by atoms with Gasteiger partial charge in [0.05, 0.1) is 11.9 Å². The molecule has 0 saturated carbocycles. The minimum absolute atomic E-state index is 0. The first kappa shape index (κ1) is 20.2. The second kappa shape index (κ2) is 7.46. The van der Waals surface area contributed by atoms with Gasteiger partial charge in [-0.25, -0.2) is 17.6 Å². The Bertz CT molecular complexity index is 462. The summed E-state index contributed by atoms with van der Waals surface area (Å²) >= 11 is 0. The van der Waals surface area contributed by atoms with E-state index in [-0.39, 0.29) is 59.1 Å². The van der Waals surface area contributed by atoms with Crippen molar-refractivity contribution in [2.24, 2.45) is 0 Å². The topological polar surface area (TPSA) is 80.3 Å². The number of aromatic carboxylic acids is 2. The largest absolute Gasteiger partial charge is 1.00 e. The van der Waals surface area contributed by atoms with Gasteiger partial charge in [-0.2, -0.15) is 0 Å². The molecule has 0 aliphatic rings. The maximum absolute atomic E-state index is 12.8. The number of carboxylic acid groups (broad SMARTS) is 2. The summed E-state index contributed by atoms with van der Waals surface area (Å²) in [4.78, 5) is 20.5. The molecule has 0 heterocycles. The number of halogens is 4. The second-order valence-electron chi connectivity index (χ2n) is 2.58. The molecule has 0 amide bonds. The van der Waals surface area contributed by atoms with Gasteiger partial charge >= 0.3 is 59.1 Å². The molecule has 0 radical (unpaired) electrons. The molecule has 18 heavy (non-hydrogen) atoms. The van der Waals surface area contributed by atoms with Crippen LogP contribution in [0.1, 0.15) is 20.7 Å². The first-order valence-electron chi connectivity index (χ1n) is 3.57. The van der Waals surface area contributed by atoms with E-state index in [9.17, 15) is 37.4 Å². The predicted octanol–water partition coefficient (Wildman–Crippen LogP) is -7.02. The van der Waals surface area contributed by atoms with Crippen LogP contribution in [-0.4, -0.2) is 11.9 Å². The van der Waals surface area contributed by atoms with Crippen molar-refractivity contribution < 1.29 is 96.5 Å². The van der Waals surface area contributed by atoms with Gasteiger partial charge in [0.1, 0.15) is 0 Å². The standard InChI is InChI=1S/C8H2F4O4.2Na/c9-3-1(7(13)14)2(8(15)16)4(10)6(12)5(3)11;;/h(H,13,14)(H,15,16);;/q;2*+1/p-2. The Kier molecular flexibility index (Phi) is 8.38. The molecule has 0 unspecified atom stereocenters. The van der Waals surface area contributed by atoms with Crippen LogP contribution in [0.15, 0.2) is 0 Å². The first-order chi connectivity index (χ1) is 7.29. The third-order valence-electron chi connectivity index (χ3n) is 1.68. The van der Waals surface area contributed by atoms with Crippen molar-refractivity contribution in [1.82, 2.24) is 0 Å². The zero-order chi connectivity index (χ0) is 12.6. The number of hydrogen-bond acceptors (Lipinski definition) is 4. The van der Waals surface area contributed by atoms with Crippen LogP contribution in [0.3, 0.4) is 0 Å². The van der Waals surface area contributed by atoms with Crippen LogP contribution in [0.2, 0.25) is 0 Å². The van der Waals surface area contributed by atoms with Crippen molar-refractivity contribution in [2.75, 3.05) is 0 Å². The van der Waals surface area contributed by atoms with E-state index in [1.54, 1.807) is 0 Å². The molecule has 1 rings (SSSR count). The van der Waals surface area contributed by atoms with Crippen molar-refractivity contribution in [1.29, 1.82) is 0 Å². The van der Waals surface area contributed by atoms with E-state index in [0.29, 0.717) is 0 Å². The Hall–Kier alpha value is -0.120. The summed E-state index contributed by atoms with van der Waals surface area (Å²) in [6.07, 6.45) is 0. The van der Waals surface area contributed by atoms with Gasteiger partial charge in [0.2, 0.25) is 0 Å². The van der Waals surface area contributed by atoms with E-state index in [1.807, 2.05) is 0 Å². The van der Waals surface area contributed by atoms with Gasteiger partial charge in [-0.1, -0.05) is 0 Å². The van der Waals surface area contributed by atoms with Gasteiger partial charge in [0, 0.05) is 11.1 Å². The monoisotopic (exact) mass is 282 g/mol. The molecule has 10 heteroatoms. The van der Waals surface area contributed by atoms with Gasteiger partial charge < -0.3 is 19.8 Å². The maximum atomic E-state index is 12.8. The van der Waals surface area contributed by atoms with Crippen molar-refractivity contribution in [3.05, 3.63) is 34.4 Å². The van der Waals surface area contributed by atoms with E-state index in [4.69, 9.17) is 0 Å². The van der Waals surface area contributed by atoms with Gasteiger partial charge in [-0.15, -0.1) is 0 Å². The minimum Gasteiger partial charge on any atom is -0.545 e. The third kappa shape index (κ3) is 3.46. The molecule has 0 spiro atoms. The SMILES string of the molecule is O=C([O-])c1c(F)c(F)c(F)c(F)c1C(=O)[O-].[Na+].[Na+]. The summed E-state index contributed by atoms with van der Waals surface area (Å²) in [6, 6.07) is 0. The molecule has 0 bridgehead atoms. The molecule has 0 fully saturated rings. The normalized spacial score (nSPS) is 9.11. The van der Waals surface area contributed by atoms with Crippen molar-refractivity contribution in [3.8, 4) is 0 Å². The average Bonchev–Trinajstić information content (AvgIpc) is 2.18. The summed E-state index contributed by atoms with van der Waals surface area (Å²) in [5.74, 6) is -14.6. The molecular weight excluding hydrogens is 282 g/mol. The predicted molar refractivity (Wildman–Crippen MR) is 34.9 cm³/mol. The molecule has 0 atom stereocenters. The van der Waals surface area contributed by atoms with Crippen LogP contribution in [0.4, 0.5) is 17.6 Å². The first-order valence-corrected chi connectivity index (χ1v) is 3.57. The molecule has 0 aliphatic carbocycles. The van der Waals surface area contributed by atoms with E-state index in [0.717, 1.165) is 0 Å². The Morgan fingerprint density at radius 2 is 0.889 bits per heavy atom. The van der Waals surface area contributed by atoms with Crippen molar-refractivity contribution in [2.45, 2.75) is 0 Å². The van der Waals surface area contributed by atoms with E-state index < -0.39 is 46.3 Å². The smallest absolute Gasteiger partial charge is 0.545 e. The van der Waals surface area contributed by atoms with E-state index in [1.165, 1.54) is 0 Å². The molecule has 1 aromatic rings. The van der Waals surface area contributed by atoms with Crippen LogP contribution >= 0.6 is 0 Å². The maximum Gasteiger partial charge on any atom is 1.00 e. The summed E-state index contributed by atoms with van der Waals surface area (Å²) in [6.45, 7) is 0. The fourth-order valence-corrected chi connectivity index (χ4v) is 1.02. The number of hydrogen-bond donors (Lipinski definition) is 0. The molecule has 0 saturated heterocycles. The van der Waals surface area contributed by atoms with Gasteiger partial charge in [0.15, 0.2) is 23.3 Å². The fraction of sp³-hybridized carbons (Fsp3) is 0. The van der Waals surface area contributed by atoms with Crippen LogP contribution in [0, 0.1) is 23.3 Å². The molecule has 0 aromatic heterocycles. The van der Waals surface area contributed by atoms with Gasteiger partial charge in [0.25, 0.3) is 0 Å². The van der Waals surface area contributed by atoms with Gasteiger partial charge in [-0.05, 0) is 0 Å². The Labute approximate surface area is 142 Å². The van der Waals surface area contributed by atoms with Crippen molar-refractivity contribution >= 4 is 11.9 Å². The molecule has 0 aliphatic heterocycles. The Balaban J connectivity index is 0. The fourth-order valence-electron chi connectivity index (χ4n) is 1.02. The van der Waals surface area contributed by atoms with Crippen LogP contribution in [0.5, 0.6) is 0 Å². The number of benzene rings is 1. The molecule has 4 nitrogen and oxygen atoms in total. The molecule has 86 valence electrons. The molecule has 1 aromatic carbocycles. The Morgan fingerprint density at radius 1 is 0.667 bits per heavy atom. The minimum atomic E-state index is -2.51. The third-order valence-corrected chi connectivity index (χ3v) is 1.68. The number of carbonyl (C=O) groups excluding carboxylic acids is 2. The quantitative estimate of drug-likeness (QED) is 0.234. The average molecular weight is 282 g/mol.